The lowest BCUT2D eigenvalue weighted by atomic mass is 10.0. The van der Waals surface area contributed by atoms with Crippen molar-refractivity contribution < 1.29 is 5.11 Å². The number of rotatable bonds is 3. The van der Waals surface area contributed by atoms with Gasteiger partial charge in [0.1, 0.15) is 17.9 Å². The van der Waals surface area contributed by atoms with E-state index in [1.807, 2.05) is 12.1 Å². The van der Waals surface area contributed by atoms with Crippen molar-refractivity contribution in [2.75, 3.05) is 5.32 Å². The predicted octanol–water partition coefficient (Wildman–Crippen LogP) is 5.05. The van der Waals surface area contributed by atoms with Crippen LogP contribution in [0.2, 0.25) is 0 Å². The van der Waals surface area contributed by atoms with Gasteiger partial charge in [-0.2, -0.15) is 0 Å². The summed E-state index contributed by atoms with van der Waals surface area (Å²) in [7, 11) is 0. The molecule has 0 unspecified atom stereocenters. The van der Waals surface area contributed by atoms with Crippen molar-refractivity contribution >= 4 is 22.4 Å². The molecule has 0 saturated carbocycles. The summed E-state index contributed by atoms with van der Waals surface area (Å²) in [5.74, 6) is 0.924. The first kappa shape index (κ1) is 15.1. The molecule has 0 aliphatic rings. The van der Waals surface area contributed by atoms with Crippen LogP contribution in [-0.2, 0) is 0 Å². The number of fused-ring (bicyclic) bond motifs is 1. The van der Waals surface area contributed by atoms with E-state index in [4.69, 9.17) is 0 Å². The third-order valence-corrected chi connectivity index (χ3v) is 4.13. The Bertz CT molecular complexity index is 1040. The second-order valence-electron chi connectivity index (χ2n) is 6.00. The lowest BCUT2D eigenvalue weighted by Gasteiger charge is -2.10. The average Bonchev–Trinajstić information content (AvgIpc) is 2.62. The summed E-state index contributed by atoms with van der Waals surface area (Å²) in [6, 6.07) is 21.6. The lowest BCUT2D eigenvalue weighted by Crippen LogP contribution is -1.96. The molecule has 0 spiro atoms. The number of hydrogen-bond acceptors (Lipinski definition) is 4. The van der Waals surface area contributed by atoms with Crippen LogP contribution in [0.1, 0.15) is 5.56 Å². The molecule has 0 aliphatic carbocycles. The van der Waals surface area contributed by atoms with Gasteiger partial charge in [0.25, 0.3) is 0 Å². The van der Waals surface area contributed by atoms with E-state index in [-0.39, 0.29) is 5.75 Å². The number of aromatic nitrogens is 2. The smallest absolute Gasteiger partial charge is 0.141 e. The molecule has 0 saturated heterocycles. The average molecular weight is 327 g/mol. The molecule has 0 atom stereocenters. The van der Waals surface area contributed by atoms with Gasteiger partial charge in [-0.05, 0) is 42.3 Å². The molecule has 0 aliphatic heterocycles. The van der Waals surface area contributed by atoms with Crippen LogP contribution in [-0.4, -0.2) is 15.1 Å². The molecule has 0 radical (unpaired) electrons. The number of phenolic OH excluding ortho intramolecular Hbond substituents is 1. The van der Waals surface area contributed by atoms with Gasteiger partial charge in [-0.15, -0.1) is 0 Å². The highest BCUT2D eigenvalue weighted by molar-refractivity contribution is 5.93. The molecule has 1 heterocycles. The van der Waals surface area contributed by atoms with E-state index in [9.17, 15) is 5.11 Å². The summed E-state index contributed by atoms with van der Waals surface area (Å²) in [5, 5.41) is 13.8. The largest absolute Gasteiger partial charge is 0.508 e. The summed E-state index contributed by atoms with van der Waals surface area (Å²) in [4.78, 5) is 8.73. The van der Waals surface area contributed by atoms with Gasteiger partial charge in [-0.25, -0.2) is 9.97 Å². The van der Waals surface area contributed by atoms with Crippen LogP contribution in [0.25, 0.3) is 22.0 Å². The summed E-state index contributed by atoms with van der Waals surface area (Å²) < 4.78 is 0. The van der Waals surface area contributed by atoms with Crippen LogP contribution >= 0.6 is 0 Å². The number of phenols is 1. The Kier molecular flexibility index (Phi) is 3.78. The summed E-state index contributed by atoms with van der Waals surface area (Å²) in [5.41, 5.74) is 5.15. The maximum atomic E-state index is 9.65. The third kappa shape index (κ3) is 3.15. The van der Waals surface area contributed by atoms with Gasteiger partial charge in [0.15, 0.2) is 0 Å². The van der Waals surface area contributed by atoms with Crippen molar-refractivity contribution in [1.29, 1.82) is 0 Å². The maximum absolute atomic E-state index is 9.65. The first-order valence-corrected chi connectivity index (χ1v) is 8.07. The van der Waals surface area contributed by atoms with Crippen LogP contribution < -0.4 is 5.32 Å². The topological polar surface area (TPSA) is 58.0 Å². The van der Waals surface area contributed by atoms with Crippen molar-refractivity contribution in [3.05, 3.63) is 78.6 Å². The molecule has 3 aromatic carbocycles. The van der Waals surface area contributed by atoms with Gasteiger partial charge >= 0.3 is 0 Å². The third-order valence-electron chi connectivity index (χ3n) is 4.13. The minimum atomic E-state index is 0.212. The zero-order valence-electron chi connectivity index (χ0n) is 13.8. The normalized spacial score (nSPS) is 10.8. The van der Waals surface area contributed by atoms with E-state index in [0.717, 1.165) is 27.7 Å². The van der Waals surface area contributed by atoms with Gasteiger partial charge < -0.3 is 10.4 Å². The van der Waals surface area contributed by atoms with Crippen molar-refractivity contribution in [3.63, 3.8) is 0 Å². The molecule has 1 aromatic heterocycles. The molecule has 4 rings (SSSR count). The highest BCUT2D eigenvalue weighted by Crippen LogP contribution is 2.29. The Morgan fingerprint density at radius 2 is 1.64 bits per heavy atom. The molecule has 0 bridgehead atoms. The van der Waals surface area contributed by atoms with Gasteiger partial charge in [0.2, 0.25) is 0 Å². The summed E-state index contributed by atoms with van der Waals surface area (Å²) >= 11 is 0. The number of benzene rings is 3. The Morgan fingerprint density at radius 1 is 0.840 bits per heavy atom. The first-order valence-electron chi connectivity index (χ1n) is 8.07. The molecule has 4 heteroatoms. The number of aryl methyl sites for hydroxylation is 1. The second kappa shape index (κ2) is 6.24. The van der Waals surface area contributed by atoms with E-state index in [1.54, 1.807) is 24.5 Å². The minimum absolute atomic E-state index is 0.212. The van der Waals surface area contributed by atoms with Crippen LogP contribution in [0.4, 0.5) is 11.5 Å². The van der Waals surface area contributed by atoms with Crippen molar-refractivity contribution in [3.8, 4) is 16.9 Å². The number of nitrogens with zero attached hydrogens (tertiary/aromatic N) is 2. The van der Waals surface area contributed by atoms with Gasteiger partial charge in [0, 0.05) is 17.1 Å². The van der Waals surface area contributed by atoms with Crippen LogP contribution in [0.3, 0.4) is 0 Å². The second-order valence-corrected chi connectivity index (χ2v) is 6.00. The molecular formula is C21H17N3O. The molecular weight excluding hydrogens is 310 g/mol. The number of nitrogens with one attached hydrogen (secondary N) is 1. The molecule has 4 aromatic rings. The Labute approximate surface area is 145 Å². The molecule has 0 fully saturated rings. The summed E-state index contributed by atoms with van der Waals surface area (Å²) in [6.45, 7) is 2.08. The number of anilines is 2. The Hall–Kier alpha value is -3.40. The fraction of sp³-hybridized carbons (Fsp3) is 0.0476. The van der Waals surface area contributed by atoms with Crippen LogP contribution in [0, 0.1) is 6.92 Å². The molecule has 4 nitrogen and oxygen atoms in total. The predicted molar refractivity (Wildman–Crippen MR) is 101 cm³/mol. The fourth-order valence-corrected chi connectivity index (χ4v) is 2.80. The van der Waals surface area contributed by atoms with E-state index >= 15 is 0 Å². The SMILES string of the molecule is Cc1ccc(-c2ccc3ncnc(Nc4cccc(O)c4)c3c2)cc1. The Balaban J connectivity index is 1.79. The van der Waals surface area contributed by atoms with Crippen LogP contribution in [0.15, 0.2) is 73.1 Å². The van der Waals surface area contributed by atoms with Crippen molar-refractivity contribution in [2.24, 2.45) is 0 Å². The maximum Gasteiger partial charge on any atom is 0.141 e. The molecule has 0 amide bonds. The Morgan fingerprint density at radius 3 is 2.44 bits per heavy atom. The zero-order chi connectivity index (χ0) is 17.2. The standard InChI is InChI=1S/C21H17N3O/c1-14-5-7-15(8-6-14)16-9-10-20-19(11-16)21(23-13-22-20)24-17-3-2-4-18(25)12-17/h2-13,25H,1H3,(H,22,23,24). The van der Waals surface area contributed by atoms with E-state index in [2.05, 4.69) is 58.6 Å². The molecule has 2 N–H and O–H groups in total. The van der Waals surface area contributed by atoms with Crippen molar-refractivity contribution in [1.82, 2.24) is 9.97 Å². The monoisotopic (exact) mass is 327 g/mol. The molecule has 122 valence electrons. The highest BCUT2D eigenvalue weighted by atomic mass is 16.3. The van der Waals surface area contributed by atoms with Gasteiger partial charge in [0.05, 0.1) is 5.52 Å². The fourth-order valence-electron chi connectivity index (χ4n) is 2.80. The first-order chi connectivity index (χ1) is 12.2. The lowest BCUT2D eigenvalue weighted by molar-refractivity contribution is 0.475. The number of hydrogen-bond donors (Lipinski definition) is 2. The van der Waals surface area contributed by atoms with Crippen LogP contribution in [0.5, 0.6) is 5.75 Å². The number of aromatic hydroxyl groups is 1. The zero-order valence-corrected chi connectivity index (χ0v) is 13.8. The molecule has 25 heavy (non-hydrogen) atoms. The minimum Gasteiger partial charge on any atom is -0.508 e. The van der Waals surface area contributed by atoms with E-state index in [1.165, 1.54) is 5.56 Å². The van der Waals surface area contributed by atoms with Gasteiger partial charge in [-0.1, -0.05) is 42.0 Å². The quantitative estimate of drug-likeness (QED) is 0.552. The van der Waals surface area contributed by atoms with E-state index in [0.29, 0.717) is 5.82 Å². The van der Waals surface area contributed by atoms with Crippen molar-refractivity contribution in [2.45, 2.75) is 6.92 Å². The van der Waals surface area contributed by atoms with Gasteiger partial charge in [-0.3, -0.25) is 0 Å². The highest BCUT2D eigenvalue weighted by Gasteiger charge is 2.07. The summed E-state index contributed by atoms with van der Waals surface area (Å²) in [6.07, 6.45) is 1.54. The van der Waals surface area contributed by atoms with E-state index < -0.39 is 0 Å².